The summed E-state index contributed by atoms with van der Waals surface area (Å²) >= 11 is 7.28. The summed E-state index contributed by atoms with van der Waals surface area (Å²) in [5.74, 6) is 0.00149. The monoisotopic (exact) mass is 492 g/mol. The molecule has 0 spiro atoms. The second kappa shape index (κ2) is 10.5. The number of anilines is 1. The fraction of sp³-hybridized carbons (Fsp3) is 0.286. The Labute approximate surface area is 199 Å². The zero-order valence-electron chi connectivity index (χ0n) is 18.0. The molecule has 2 amide bonds. The molecule has 2 aromatic rings. The molecular formula is C21H21ClN4O6S. The summed E-state index contributed by atoms with van der Waals surface area (Å²) in [5.41, 5.74) is 0.261. The van der Waals surface area contributed by atoms with E-state index < -0.39 is 16.1 Å². The first kappa shape index (κ1) is 24.3. The predicted octanol–water partition coefficient (Wildman–Crippen LogP) is 4.25. The molecule has 10 nitrogen and oxygen atoms in total. The molecular weight excluding hydrogens is 472 g/mol. The van der Waals surface area contributed by atoms with Crippen molar-refractivity contribution in [2.75, 3.05) is 26.1 Å². The zero-order valence-corrected chi connectivity index (χ0v) is 19.6. The van der Waals surface area contributed by atoms with Gasteiger partial charge in [0.05, 0.1) is 24.2 Å². The van der Waals surface area contributed by atoms with Gasteiger partial charge in [-0.3, -0.25) is 24.6 Å². The number of halogens is 1. The quantitative estimate of drug-likeness (QED) is 0.431. The van der Waals surface area contributed by atoms with Gasteiger partial charge in [-0.2, -0.15) is 0 Å². The van der Waals surface area contributed by atoms with Crippen LogP contribution in [0.4, 0.5) is 17.1 Å². The number of nitrogens with zero attached hydrogens (tertiary/aromatic N) is 3. The molecule has 2 aromatic carbocycles. The summed E-state index contributed by atoms with van der Waals surface area (Å²) in [5, 5.41) is 13.7. The normalized spacial score (nSPS) is 16.7. The molecule has 1 saturated heterocycles. The van der Waals surface area contributed by atoms with Crippen LogP contribution in [0.15, 0.2) is 41.4 Å². The van der Waals surface area contributed by atoms with Crippen molar-refractivity contribution < 1.29 is 24.0 Å². The van der Waals surface area contributed by atoms with E-state index in [0.717, 1.165) is 11.8 Å². The molecule has 0 unspecified atom stereocenters. The standard InChI is InChI=1S/C21H21ClN4O6S/c1-4-25-20(28)18(11-19(27)23-13-7-5-6-8-15(13)26(29)30)33-21(25)24-14-10-16(31-2)12(22)9-17(14)32-3/h5-10,18H,4,11H2,1-3H3,(H,23,27)/t18-/m1/s1. The number of hydrogen-bond acceptors (Lipinski definition) is 8. The van der Waals surface area contributed by atoms with Crippen LogP contribution in [-0.2, 0) is 9.59 Å². The van der Waals surface area contributed by atoms with Crippen LogP contribution < -0.4 is 14.8 Å². The Bertz CT molecular complexity index is 1130. The number of ether oxygens (including phenoxy) is 2. The van der Waals surface area contributed by atoms with Crippen LogP contribution in [0, 0.1) is 10.1 Å². The van der Waals surface area contributed by atoms with Gasteiger partial charge in [-0.25, -0.2) is 4.99 Å². The van der Waals surface area contributed by atoms with E-state index in [-0.39, 0.29) is 23.7 Å². The smallest absolute Gasteiger partial charge is 0.292 e. The van der Waals surface area contributed by atoms with E-state index in [0.29, 0.717) is 33.9 Å². The molecule has 1 atom stereocenters. The second-order valence-electron chi connectivity index (χ2n) is 6.77. The van der Waals surface area contributed by atoms with Crippen LogP contribution in [0.3, 0.4) is 0 Å². The van der Waals surface area contributed by atoms with Crippen LogP contribution in [0.25, 0.3) is 0 Å². The Morgan fingerprint density at radius 2 is 1.97 bits per heavy atom. The lowest BCUT2D eigenvalue weighted by molar-refractivity contribution is -0.383. The van der Waals surface area contributed by atoms with Gasteiger partial charge >= 0.3 is 0 Å². The van der Waals surface area contributed by atoms with E-state index in [9.17, 15) is 19.7 Å². The number of aliphatic imine (C=N–C) groups is 1. The maximum absolute atomic E-state index is 12.9. The number of benzene rings is 2. The Kier molecular flexibility index (Phi) is 7.77. The molecule has 12 heteroatoms. The molecule has 1 N–H and O–H groups in total. The van der Waals surface area contributed by atoms with Gasteiger partial charge in [0.15, 0.2) is 5.17 Å². The maximum atomic E-state index is 12.9. The van der Waals surface area contributed by atoms with Gasteiger partial charge in [-0.05, 0) is 13.0 Å². The van der Waals surface area contributed by atoms with Crippen molar-refractivity contribution in [2.24, 2.45) is 4.99 Å². The highest BCUT2D eigenvalue weighted by atomic mass is 35.5. The van der Waals surface area contributed by atoms with Crippen molar-refractivity contribution >= 4 is 57.4 Å². The van der Waals surface area contributed by atoms with Crippen molar-refractivity contribution in [2.45, 2.75) is 18.6 Å². The van der Waals surface area contributed by atoms with Gasteiger partial charge in [0, 0.05) is 31.2 Å². The van der Waals surface area contributed by atoms with Crippen molar-refractivity contribution in [3.63, 3.8) is 0 Å². The number of amides is 2. The molecule has 1 aliphatic heterocycles. The number of carbonyl (C=O) groups excluding carboxylic acids is 2. The number of methoxy groups -OCH3 is 2. The van der Waals surface area contributed by atoms with E-state index in [4.69, 9.17) is 21.1 Å². The molecule has 33 heavy (non-hydrogen) atoms. The van der Waals surface area contributed by atoms with Crippen LogP contribution in [0.2, 0.25) is 5.02 Å². The third-order valence-corrected chi connectivity index (χ3v) is 6.22. The third-order valence-electron chi connectivity index (χ3n) is 4.75. The molecule has 1 aliphatic rings. The summed E-state index contributed by atoms with van der Waals surface area (Å²) in [6.07, 6.45) is -0.174. The van der Waals surface area contributed by atoms with Gasteiger partial charge in [-0.15, -0.1) is 0 Å². The van der Waals surface area contributed by atoms with E-state index in [2.05, 4.69) is 10.3 Å². The van der Waals surface area contributed by atoms with E-state index >= 15 is 0 Å². The lowest BCUT2D eigenvalue weighted by atomic mass is 10.2. The van der Waals surface area contributed by atoms with Gasteiger partial charge in [0.25, 0.3) is 5.69 Å². The fourth-order valence-electron chi connectivity index (χ4n) is 3.16. The van der Waals surface area contributed by atoms with Gasteiger partial charge in [0.2, 0.25) is 11.8 Å². The van der Waals surface area contributed by atoms with Crippen molar-refractivity contribution in [3.8, 4) is 11.5 Å². The molecule has 1 heterocycles. The molecule has 0 bridgehead atoms. The number of nitro groups is 1. The van der Waals surface area contributed by atoms with Crippen LogP contribution in [0.5, 0.6) is 11.5 Å². The van der Waals surface area contributed by atoms with E-state index in [1.165, 1.54) is 37.3 Å². The molecule has 0 aromatic heterocycles. The second-order valence-corrected chi connectivity index (χ2v) is 8.35. The van der Waals surface area contributed by atoms with Crippen molar-refractivity contribution in [1.29, 1.82) is 0 Å². The Hall–Kier alpha value is -3.31. The largest absolute Gasteiger partial charge is 0.495 e. The lowest BCUT2D eigenvalue weighted by Crippen LogP contribution is -2.33. The topological polar surface area (TPSA) is 123 Å². The SMILES string of the molecule is CCN1C(=O)[C@@H](CC(=O)Nc2ccccc2[N+](=O)[O-])SC1=Nc1cc(OC)c(Cl)cc1OC. The van der Waals surface area contributed by atoms with Crippen molar-refractivity contribution in [3.05, 3.63) is 51.5 Å². The number of nitrogens with one attached hydrogen (secondary N) is 1. The highest BCUT2D eigenvalue weighted by molar-refractivity contribution is 8.15. The Morgan fingerprint density at radius 3 is 2.61 bits per heavy atom. The molecule has 0 aliphatic carbocycles. The number of carbonyl (C=O) groups is 2. The first-order valence-electron chi connectivity index (χ1n) is 9.80. The Balaban J connectivity index is 1.82. The molecule has 174 valence electrons. The minimum absolute atomic E-state index is 0.0715. The van der Waals surface area contributed by atoms with Crippen LogP contribution in [-0.4, -0.2) is 52.8 Å². The summed E-state index contributed by atoms with van der Waals surface area (Å²) in [6.45, 7) is 2.14. The lowest BCUT2D eigenvalue weighted by Gasteiger charge is -2.14. The fourth-order valence-corrected chi connectivity index (χ4v) is 4.60. The van der Waals surface area contributed by atoms with Crippen LogP contribution >= 0.6 is 23.4 Å². The average Bonchev–Trinajstić information content (AvgIpc) is 3.08. The number of nitro benzene ring substituents is 1. The Morgan fingerprint density at radius 1 is 1.27 bits per heavy atom. The molecule has 0 saturated carbocycles. The summed E-state index contributed by atoms with van der Waals surface area (Å²) in [4.78, 5) is 42.1. The summed E-state index contributed by atoms with van der Waals surface area (Å²) in [7, 11) is 2.95. The summed E-state index contributed by atoms with van der Waals surface area (Å²) in [6, 6.07) is 8.98. The number of rotatable bonds is 8. The highest BCUT2D eigenvalue weighted by Crippen LogP contribution is 2.40. The molecule has 3 rings (SSSR count). The number of hydrogen-bond donors (Lipinski definition) is 1. The summed E-state index contributed by atoms with van der Waals surface area (Å²) < 4.78 is 10.6. The van der Waals surface area contributed by atoms with Crippen LogP contribution in [0.1, 0.15) is 13.3 Å². The predicted molar refractivity (Wildman–Crippen MR) is 127 cm³/mol. The number of amidine groups is 1. The van der Waals surface area contributed by atoms with Gasteiger partial charge in [-0.1, -0.05) is 35.5 Å². The minimum atomic E-state index is -0.730. The first-order chi connectivity index (χ1) is 15.8. The first-order valence-corrected chi connectivity index (χ1v) is 11.1. The van der Waals surface area contributed by atoms with Gasteiger partial charge < -0.3 is 14.8 Å². The molecule has 0 radical (unpaired) electrons. The highest BCUT2D eigenvalue weighted by Gasteiger charge is 2.38. The van der Waals surface area contributed by atoms with Gasteiger partial charge in [0.1, 0.15) is 28.1 Å². The number of para-hydroxylation sites is 2. The minimum Gasteiger partial charge on any atom is -0.495 e. The molecule has 1 fully saturated rings. The van der Waals surface area contributed by atoms with E-state index in [1.807, 2.05) is 0 Å². The number of thioether (sulfide) groups is 1. The average molecular weight is 493 g/mol. The van der Waals surface area contributed by atoms with E-state index in [1.54, 1.807) is 25.1 Å². The third kappa shape index (κ3) is 5.37. The zero-order chi connectivity index (χ0) is 24.1. The maximum Gasteiger partial charge on any atom is 0.292 e. The van der Waals surface area contributed by atoms with Crippen molar-refractivity contribution in [1.82, 2.24) is 4.90 Å².